The van der Waals surface area contributed by atoms with Gasteiger partial charge in [-0.25, -0.2) is 4.98 Å². The minimum Gasteiger partial charge on any atom is -0.456 e. The van der Waals surface area contributed by atoms with Gasteiger partial charge in [0.2, 0.25) is 0 Å². The summed E-state index contributed by atoms with van der Waals surface area (Å²) in [5, 5.41) is 9.61. The fourth-order valence-corrected chi connectivity index (χ4v) is 7.20. The van der Waals surface area contributed by atoms with Gasteiger partial charge in [0.15, 0.2) is 0 Å². The maximum Gasteiger partial charge on any atom is 0.145 e. The molecule has 3 nitrogen and oxygen atoms in total. The van der Waals surface area contributed by atoms with Crippen LogP contribution >= 0.6 is 0 Å². The van der Waals surface area contributed by atoms with Crippen molar-refractivity contribution >= 4 is 65.3 Å². The molecular formula is C41H24N2O. The van der Waals surface area contributed by atoms with Crippen molar-refractivity contribution in [2.75, 3.05) is 0 Å². The quantitative estimate of drug-likeness (QED) is 0.201. The van der Waals surface area contributed by atoms with Gasteiger partial charge in [0.25, 0.3) is 0 Å². The summed E-state index contributed by atoms with van der Waals surface area (Å²) in [7, 11) is 0. The van der Waals surface area contributed by atoms with Gasteiger partial charge < -0.3 is 4.42 Å². The van der Waals surface area contributed by atoms with E-state index in [9.17, 15) is 0 Å². The summed E-state index contributed by atoms with van der Waals surface area (Å²) in [6, 6.07) is 49.7. The Hall–Kier alpha value is -5.93. The van der Waals surface area contributed by atoms with E-state index >= 15 is 0 Å². The fourth-order valence-electron chi connectivity index (χ4n) is 7.20. The van der Waals surface area contributed by atoms with Crippen LogP contribution in [0.25, 0.3) is 93.4 Å². The lowest BCUT2D eigenvalue weighted by Gasteiger charge is -2.14. The Balaban J connectivity index is 1.29. The Morgan fingerprint density at radius 2 is 1.20 bits per heavy atom. The van der Waals surface area contributed by atoms with Gasteiger partial charge in [0, 0.05) is 38.7 Å². The van der Waals surface area contributed by atoms with E-state index < -0.39 is 0 Å². The molecule has 10 rings (SSSR count). The second-order valence-corrected chi connectivity index (χ2v) is 11.6. The number of para-hydroxylation sites is 1. The van der Waals surface area contributed by atoms with E-state index in [1.165, 1.54) is 43.6 Å². The van der Waals surface area contributed by atoms with Crippen molar-refractivity contribution < 1.29 is 4.42 Å². The molecule has 7 aromatic carbocycles. The molecule has 0 N–H and O–H groups in total. The number of hydrogen-bond acceptors (Lipinski definition) is 2. The smallest absolute Gasteiger partial charge is 0.145 e. The normalized spacial score (nSPS) is 12.1. The average molecular weight is 561 g/mol. The van der Waals surface area contributed by atoms with Gasteiger partial charge in [-0.15, -0.1) is 0 Å². The number of hydrogen-bond donors (Lipinski definition) is 0. The number of nitrogens with zero attached hydrogens (tertiary/aromatic N) is 2. The van der Waals surface area contributed by atoms with Crippen LogP contribution in [0.4, 0.5) is 0 Å². The summed E-state index contributed by atoms with van der Waals surface area (Å²) in [6.07, 6.45) is 2.04. The Labute approximate surface area is 252 Å². The molecule has 0 aliphatic carbocycles. The van der Waals surface area contributed by atoms with Gasteiger partial charge in [-0.3, -0.25) is 4.57 Å². The topological polar surface area (TPSA) is 31.0 Å². The zero-order chi connectivity index (χ0) is 28.8. The molecule has 3 heteroatoms. The first-order valence-corrected chi connectivity index (χ1v) is 15.0. The molecule has 0 atom stereocenters. The van der Waals surface area contributed by atoms with Crippen LogP contribution in [0.3, 0.4) is 0 Å². The molecule has 0 saturated carbocycles. The molecule has 0 unspecified atom stereocenters. The van der Waals surface area contributed by atoms with Gasteiger partial charge in [-0.1, -0.05) is 103 Å². The van der Waals surface area contributed by atoms with Crippen molar-refractivity contribution in [3.05, 3.63) is 146 Å². The minimum atomic E-state index is 0.908. The lowest BCUT2D eigenvalue weighted by molar-refractivity contribution is 0.669. The first-order chi connectivity index (χ1) is 21.8. The predicted molar refractivity (Wildman–Crippen MR) is 183 cm³/mol. The molecule has 0 bridgehead atoms. The van der Waals surface area contributed by atoms with Crippen molar-refractivity contribution in [1.29, 1.82) is 0 Å². The summed E-state index contributed by atoms with van der Waals surface area (Å²) in [4.78, 5) is 5.21. The van der Waals surface area contributed by atoms with Crippen molar-refractivity contribution in [3.63, 3.8) is 0 Å². The Morgan fingerprint density at radius 1 is 0.455 bits per heavy atom. The monoisotopic (exact) mass is 560 g/mol. The number of rotatable bonds is 3. The number of pyridine rings is 1. The first-order valence-electron chi connectivity index (χ1n) is 15.0. The summed E-state index contributed by atoms with van der Waals surface area (Å²) >= 11 is 0. The highest BCUT2D eigenvalue weighted by Gasteiger charge is 2.21. The third kappa shape index (κ3) is 3.24. The van der Waals surface area contributed by atoms with E-state index in [4.69, 9.17) is 9.40 Å². The maximum absolute atomic E-state index is 6.14. The highest BCUT2D eigenvalue weighted by molar-refractivity contribution is 6.25. The second-order valence-electron chi connectivity index (χ2n) is 11.6. The van der Waals surface area contributed by atoms with E-state index in [1.807, 2.05) is 18.3 Å². The van der Waals surface area contributed by atoms with E-state index in [-0.39, 0.29) is 0 Å². The van der Waals surface area contributed by atoms with Crippen LogP contribution in [0.2, 0.25) is 0 Å². The molecule has 0 fully saturated rings. The van der Waals surface area contributed by atoms with Gasteiger partial charge in [-0.05, 0) is 69.2 Å². The van der Waals surface area contributed by atoms with E-state index in [1.54, 1.807) is 0 Å². The summed E-state index contributed by atoms with van der Waals surface area (Å²) in [6.45, 7) is 0. The number of furan rings is 1. The molecule has 204 valence electrons. The zero-order valence-electron chi connectivity index (χ0n) is 23.7. The molecule has 44 heavy (non-hydrogen) atoms. The Bertz CT molecular complexity index is 2710. The molecule has 3 heterocycles. The van der Waals surface area contributed by atoms with Crippen LogP contribution in [0, 0.1) is 0 Å². The summed E-state index contributed by atoms with van der Waals surface area (Å²) < 4.78 is 8.51. The summed E-state index contributed by atoms with van der Waals surface area (Å²) in [5.74, 6) is 0.943. The molecule has 0 aliphatic heterocycles. The minimum absolute atomic E-state index is 0.908. The molecule has 0 amide bonds. The van der Waals surface area contributed by atoms with Crippen molar-refractivity contribution in [1.82, 2.24) is 9.55 Å². The number of fused-ring (bicyclic) bond motifs is 4. The maximum atomic E-state index is 6.14. The van der Waals surface area contributed by atoms with Crippen LogP contribution in [-0.2, 0) is 0 Å². The standard InChI is InChI=1S/C41H24N2O/c1-2-9-25(10-3-1)34-24-42-41(32-14-5-4-12-30(32)34)43-35-15-8-11-26-17-18-28-21-29(23-36(43)40(28)39(26)35)27-19-20-38-33(22-27)31-13-6-7-16-37(31)44-38/h1-24H. The van der Waals surface area contributed by atoms with E-state index in [0.29, 0.717) is 0 Å². The molecular weight excluding hydrogens is 536 g/mol. The van der Waals surface area contributed by atoms with E-state index in [2.05, 4.69) is 132 Å². The highest BCUT2D eigenvalue weighted by Crippen LogP contribution is 2.43. The van der Waals surface area contributed by atoms with Gasteiger partial charge >= 0.3 is 0 Å². The van der Waals surface area contributed by atoms with Crippen molar-refractivity contribution in [2.24, 2.45) is 0 Å². The third-order valence-corrected chi connectivity index (χ3v) is 9.18. The molecule has 0 spiro atoms. The SMILES string of the molecule is c1ccc(-c2cnc(-n3c4cccc5ccc6cc(-c7ccc8oc9ccccc9c8c7)cc3c6c54)c3ccccc23)cc1. The Kier molecular flexibility index (Phi) is 4.72. The second kappa shape index (κ2) is 8.79. The van der Waals surface area contributed by atoms with Crippen LogP contribution < -0.4 is 0 Å². The number of aromatic nitrogens is 2. The predicted octanol–water partition coefficient (Wildman–Crippen LogP) is 11.2. The first kappa shape index (κ1) is 23.6. The van der Waals surface area contributed by atoms with Crippen molar-refractivity contribution in [3.8, 4) is 28.1 Å². The van der Waals surface area contributed by atoms with Crippen LogP contribution in [0.1, 0.15) is 0 Å². The average Bonchev–Trinajstić information content (AvgIpc) is 3.63. The lowest BCUT2D eigenvalue weighted by atomic mass is 9.96. The van der Waals surface area contributed by atoms with Crippen LogP contribution in [-0.4, -0.2) is 9.55 Å². The van der Waals surface area contributed by atoms with Crippen LogP contribution in [0.5, 0.6) is 0 Å². The van der Waals surface area contributed by atoms with E-state index in [0.717, 1.165) is 49.8 Å². The third-order valence-electron chi connectivity index (χ3n) is 9.18. The van der Waals surface area contributed by atoms with Crippen molar-refractivity contribution in [2.45, 2.75) is 0 Å². The lowest BCUT2D eigenvalue weighted by Crippen LogP contribution is -2.00. The molecule has 3 aromatic heterocycles. The zero-order valence-corrected chi connectivity index (χ0v) is 23.7. The highest BCUT2D eigenvalue weighted by atomic mass is 16.3. The molecule has 0 radical (unpaired) electrons. The molecule has 0 saturated heterocycles. The van der Waals surface area contributed by atoms with Gasteiger partial charge in [0.05, 0.1) is 11.0 Å². The summed E-state index contributed by atoms with van der Waals surface area (Å²) in [5.41, 5.74) is 8.79. The van der Waals surface area contributed by atoms with Gasteiger partial charge in [-0.2, -0.15) is 0 Å². The largest absolute Gasteiger partial charge is 0.456 e. The van der Waals surface area contributed by atoms with Gasteiger partial charge in [0.1, 0.15) is 17.0 Å². The Morgan fingerprint density at radius 3 is 2.11 bits per heavy atom. The fraction of sp³-hybridized carbons (Fsp3) is 0. The molecule has 0 aliphatic rings. The number of benzene rings is 7. The van der Waals surface area contributed by atoms with Crippen LogP contribution in [0.15, 0.2) is 150 Å². The molecule has 10 aromatic rings.